The van der Waals surface area contributed by atoms with E-state index in [1.54, 1.807) is 13.0 Å². The first-order valence-corrected chi connectivity index (χ1v) is 8.85. The van der Waals surface area contributed by atoms with E-state index in [0.29, 0.717) is 18.8 Å². The van der Waals surface area contributed by atoms with Crippen molar-refractivity contribution in [2.75, 3.05) is 32.4 Å². The number of likely N-dealkylation sites (N-methyl/N-ethyl adjacent to an activating group) is 1. The van der Waals surface area contributed by atoms with Gasteiger partial charge in [-0.05, 0) is 38.1 Å². The fraction of sp³-hybridized carbons (Fsp3) is 0.571. The largest absolute Gasteiger partial charge is 0.398 e. The summed E-state index contributed by atoms with van der Waals surface area (Å²) in [6.45, 7) is 5.55. The average Bonchev–Trinajstić information content (AvgIpc) is 2.43. The van der Waals surface area contributed by atoms with Crippen molar-refractivity contribution >= 4 is 27.3 Å². The van der Waals surface area contributed by atoms with Gasteiger partial charge in [0.15, 0.2) is 0 Å². The first-order chi connectivity index (χ1) is 9.77. The first-order valence-electron chi connectivity index (χ1n) is 7.03. The molecule has 1 aliphatic rings. The quantitative estimate of drug-likeness (QED) is 0.860. The van der Waals surface area contributed by atoms with Gasteiger partial charge < -0.3 is 10.6 Å². The maximum Gasteiger partial charge on any atom is 0.244 e. The zero-order chi connectivity index (χ0) is 15.8. The van der Waals surface area contributed by atoms with E-state index < -0.39 is 10.0 Å². The third-order valence-corrected chi connectivity index (χ3v) is 6.48. The minimum absolute atomic E-state index is 0.103. The van der Waals surface area contributed by atoms with Crippen LogP contribution in [0.5, 0.6) is 0 Å². The Morgan fingerprint density at radius 3 is 2.67 bits per heavy atom. The molecule has 0 aromatic heterocycles. The molecule has 1 aromatic rings. The molecule has 0 amide bonds. The molecular formula is C14H22ClN3O2S. The summed E-state index contributed by atoms with van der Waals surface area (Å²) < 4.78 is 27.1. The number of halogens is 1. The summed E-state index contributed by atoms with van der Waals surface area (Å²) in [6.07, 6.45) is 0.909. The number of aryl methyl sites for hydroxylation is 1. The number of sulfonamides is 1. The molecule has 7 heteroatoms. The van der Waals surface area contributed by atoms with Crippen molar-refractivity contribution in [3.8, 4) is 0 Å². The smallest absolute Gasteiger partial charge is 0.244 e. The molecule has 1 unspecified atom stereocenters. The van der Waals surface area contributed by atoms with Crippen molar-refractivity contribution < 1.29 is 8.42 Å². The molecule has 0 radical (unpaired) electrons. The maximum absolute atomic E-state index is 12.8. The van der Waals surface area contributed by atoms with E-state index >= 15 is 0 Å². The van der Waals surface area contributed by atoms with Crippen molar-refractivity contribution in [3.05, 3.63) is 22.7 Å². The predicted octanol–water partition coefficient (Wildman–Crippen LogP) is 1.95. The number of nitrogens with zero attached hydrogens (tertiary/aromatic N) is 2. The molecule has 1 fully saturated rings. The Morgan fingerprint density at radius 1 is 1.38 bits per heavy atom. The SMILES string of the molecule is CCC1CN(S(=O)(=O)c2cc(N)c(C)cc2Cl)CCN1C. The number of nitrogens with two attached hydrogens (primary N) is 1. The predicted molar refractivity (Wildman–Crippen MR) is 86.1 cm³/mol. The van der Waals surface area contributed by atoms with E-state index in [1.165, 1.54) is 10.4 Å². The zero-order valence-corrected chi connectivity index (χ0v) is 14.2. The minimum atomic E-state index is -3.60. The van der Waals surface area contributed by atoms with Gasteiger partial charge in [-0.15, -0.1) is 0 Å². The van der Waals surface area contributed by atoms with Gasteiger partial charge in [0.25, 0.3) is 0 Å². The van der Waals surface area contributed by atoms with Gasteiger partial charge in [0, 0.05) is 31.4 Å². The topological polar surface area (TPSA) is 66.6 Å². The minimum Gasteiger partial charge on any atom is -0.398 e. The van der Waals surface area contributed by atoms with E-state index in [9.17, 15) is 8.42 Å². The van der Waals surface area contributed by atoms with Gasteiger partial charge in [0.1, 0.15) is 4.90 Å². The summed E-state index contributed by atoms with van der Waals surface area (Å²) in [4.78, 5) is 2.29. The maximum atomic E-state index is 12.8. The lowest BCUT2D eigenvalue weighted by atomic mass is 10.1. The summed E-state index contributed by atoms with van der Waals surface area (Å²) >= 11 is 6.13. The molecule has 118 valence electrons. The summed E-state index contributed by atoms with van der Waals surface area (Å²) in [5, 5.41) is 0.230. The normalized spacial score (nSPS) is 21.6. The van der Waals surface area contributed by atoms with Gasteiger partial charge in [-0.3, -0.25) is 0 Å². The summed E-state index contributed by atoms with van der Waals surface area (Å²) in [5.74, 6) is 0. The zero-order valence-electron chi connectivity index (χ0n) is 12.6. The van der Waals surface area contributed by atoms with Crippen LogP contribution in [0.1, 0.15) is 18.9 Å². The Kier molecular flexibility index (Phi) is 4.82. The van der Waals surface area contributed by atoms with E-state index in [-0.39, 0.29) is 16.0 Å². The number of anilines is 1. The van der Waals surface area contributed by atoms with Crippen LogP contribution in [0, 0.1) is 6.92 Å². The molecule has 1 saturated heterocycles. The van der Waals surface area contributed by atoms with Crippen LogP contribution in [-0.4, -0.2) is 50.3 Å². The Hall–Kier alpha value is -0.820. The molecule has 21 heavy (non-hydrogen) atoms. The Labute approximate surface area is 131 Å². The van der Waals surface area contributed by atoms with Gasteiger partial charge in [-0.1, -0.05) is 18.5 Å². The highest BCUT2D eigenvalue weighted by Crippen LogP contribution is 2.30. The second-order valence-electron chi connectivity index (χ2n) is 5.54. The van der Waals surface area contributed by atoms with Gasteiger partial charge in [-0.2, -0.15) is 4.31 Å². The fourth-order valence-electron chi connectivity index (χ4n) is 2.58. The highest BCUT2D eigenvalue weighted by Gasteiger charge is 2.33. The molecule has 1 aromatic carbocycles. The second kappa shape index (κ2) is 6.12. The van der Waals surface area contributed by atoms with Crippen LogP contribution >= 0.6 is 11.6 Å². The Bertz CT molecular complexity index is 633. The van der Waals surface area contributed by atoms with Gasteiger partial charge in [0.05, 0.1) is 5.02 Å². The molecule has 1 aliphatic heterocycles. The van der Waals surface area contributed by atoms with Crippen LogP contribution in [0.15, 0.2) is 17.0 Å². The third-order valence-electron chi connectivity index (χ3n) is 4.15. The molecule has 0 spiro atoms. The molecule has 2 N–H and O–H groups in total. The molecule has 2 rings (SSSR count). The van der Waals surface area contributed by atoms with E-state index in [2.05, 4.69) is 11.8 Å². The van der Waals surface area contributed by atoms with Crippen molar-refractivity contribution in [3.63, 3.8) is 0 Å². The molecule has 1 atom stereocenters. The van der Waals surface area contributed by atoms with Crippen molar-refractivity contribution in [1.29, 1.82) is 0 Å². The number of hydrogen-bond acceptors (Lipinski definition) is 4. The van der Waals surface area contributed by atoms with Crippen molar-refractivity contribution in [2.45, 2.75) is 31.2 Å². The van der Waals surface area contributed by atoms with Crippen LogP contribution in [0.25, 0.3) is 0 Å². The van der Waals surface area contributed by atoms with Crippen molar-refractivity contribution in [1.82, 2.24) is 9.21 Å². The van der Waals surface area contributed by atoms with E-state index in [1.807, 2.05) is 7.05 Å². The molecule has 0 saturated carbocycles. The van der Waals surface area contributed by atoms with Gasteiger partial charge in [0.2, 0.25) is 10.0 Å². The molecule has 5 nitrogen and oxygen atoms in total. The third kappa shape index (κ3) is 3.18. The highest BCUT2D eigenvalue weighted by molar-refractivity contribution is 7.89. The van der Waals surface area contributed by atoms with E-state index in [4.69, 9.17) is 17.3 Å². The van der Waals surface area contributed by atoms with Crippen LogP contribution < -0.4 is 5.73 Å². The molecule has 0 bridgehead atoms. The number of hydrogen-bond donors (Lipinski definition) is 1. The first kappa shape index (κ1) is 16.5. The lowest BCUT2D eigenvalue weighted by molar-refractivity contribution is 0.144. The summed E-state index contributed by atoms with van der Waals surface area (Å²) in [5.41, 5.74) is 7.07. The Morgan fingerprint density at radius 2 is 2.05 bits per heavy atom. The second-order valence-corrected chi connectivity index (χ2v) is 7.86. The summed E-state index contributed by atoms with van der Waals surface area (Å²) in [7, 11) is -1.58. The van der Waals surface area contributed by atoms with Crippen LogP contribution in [0.4, 0.5) is 5.69 Å². The highest BCUT2D eigenvalue weighted by atomic mass is 35.5. The standard InChI is InChI=1S/C14H22ClN3O2S/c1-4-11-9-18(6-5-17(11)3)21(19,20)14-8-13(16)10(2)7-12(14)15/h7-8,11H,4-6,9,16H2,1-3H3. The molecule has 1 heterocycles. The van der Waals surface area contributed by atoms with Crippen LogP contribution in [0.3, 0.4) is 0 Å². The van der Waals surface area contributed by atoms with Crippen LogP contribution in [-0.2, 0) is 10.0 Å². The lowest BCUT2D eigenvalue weighted by Crippen LogP contribution is -2.52. The van der Waals surface area contributed by atoms with Gasteiger partial charge >= 0.3 is 0 Å². The lowest BCUT2D eigenvalue weighted by Gasteiger charge is -2.38. The fourth-order valence-corrected chi connectivity index (χ4v) is 4.64. The Balaban J connectivity index is 2.37. The number of rotatable bonds is 3. The number of benzene rings is 1. The average molecular weight is 332 g/mol. The van der Waals surface area contributed by atoms with E-state index in [0.717, 1.165) is 18.5 Å². The monoisotopic (exact) mass is 331 g/mol. The van der Waals surface area contributed by atoms with Crippen molar-refractivity contribution in [2.24, 2.45) is 0 Å². The summed E-state index contributed by atoms with van der Waals surface area (Å²) in [6, 6.07) is 3.30. The number of piperazine rings is 1. The molecule has 0 aliphatic carbocycles. The van der Waals surface area contributed by atoms with Gasteiger partial charge in [-0.25, -0.2) is 8.42 Å². The molecular weight excluding hydrogens is 310 g/mol. The number of nitrogen functional groups attached to an aromatic ring is 1. The van der Waals surface area contributed by atoms with Crippen LogP contribution in [0.2, 0.25) is 5.02 Å².